The van der Waals surface area contributed by atoms with Gasteiger partial charge in [0.25, 0.3) is 0 Å². The van der Waals surface area contributed by atoms with Crippen molar-refractivity contribution in [1.29, 1.82) is 0 Å². The van der Waals surface area contributed by atoms with E-state index in [1.54, 1.807) is 0 Å². The van der Waals surface area contributed by atoms with Crippen LogP contribution in [0.5, 0.6) is 0 Å². The lowest BCUT2D eigenvalue weighted by Crippen LogP contribution is -2.13. The van der Waals surface area contributed by atoms with Crippen molar-refractivity contribution in [1.82, 2.24) is 0 Å². The molecule has 6 aromatic carbocycles. The maximum atomic E-state index is 2.33. The van der Waals surface area contributed by atoms with E-state index in [1.807, 2.05) is 13.8 Å². The molecular weight excluding hydrogens is 809 g/mol. The van der Waals surface area contributed by atoms with Crippen LogP contribution in [0.15, 0.2) is 175 Å². The van der Waals surface area contributed by atoms with E-state index in [1.165, 1.54) is 62.8 Å². The van der Waals surface area contributed by atoms with Gasteiger partial charge in [0.1, 0.15) is 0 Å². The SMILES string of the molecule is CC.CC(C)(C)c1ccc([S+](c2ccc(C(C)(C)C)cc2)c2ccc(C(C)(C)C)cc2)cc1.CC(C)(C)c1ccc([S+](c2ccc(C(C)(C)C)cc2)c2ccc(C(C)(C)C)cc2)cc1. The smallest absolute Gasteiger partial charge is 0.0683 e. The third kappa shape index (κ3) is 14.0. The highest BCUT2D eigenvalue weighted by Crippen LogP contribution is 2.37. The zero-order chi connectivity index (χ0) is 48.1. The standard InChI is InChI=1S/2C30H39S.C2H6/c2*1-28(2,3)22-10-16-25(17-11-22)31(26-18-12-23(13-19-26)29(4,5)6)27-20-14-24(15-21-27)30(7,8)9;1-2/h2*10-21H,1-9H3;1-2H3/q2*+1;. The highest BCUT2D eigenvalue weighted by atomic mass is 32.2. The van der Waals surface area contributed by atoms with Gasteiger partial charge in [0.15, 0.2) is 29.4 Å². The Morgan fingerprint density at radius 2 is 0.281 bits per heavy atom. The van der Waals surface area contributed by atoms with Crippen LogP contribution < -0.4 is 0 Å². The molecule has 0 atom stereocenters. The molecule has 0 spiro atoms. The fraction of sp³-hybridized carbons (Fsp3) is 0.419. The van der Waals surface area contributed by atoms with E-state index in [9.17, 15) is 0 Å². The molecule has 0 heterocycles. The molecule has 0 N–H and O–H groups in total. The third-order valence-electron chi connectivity index (χ3n) is 11.7. The Morgan fingerprint density at radius 1 is 0.188 bits per heavy atom. The van der Waals surface area contributed by atoms with E-state index < -0.39 is 0 Å². The predicted molar refractivity (Wildman–Crippen MR) is 287 cm³/mol. The molecule has 0 aromatic heterocycles. The zero-order valence-electron chi connectivity index (χ0n) is 43.7. The monoisotopic (exact) mass is 893 g/mol. The largest absolute Gasteiger partial charge is 0.166 e. The summed E-state index contributed by atoms with van der Waals surface area (Å²) in [7, 11) is -0.240. The number of hydrogen-bond acceptors (Lipinski definition) is 0. The van der Waals surface area contributed by atoms with Gasteiger partial charge in [-0.05, 0) is 139 Å². The molecule has 0 unspecified atom stereocenters. The van der Waals surface area contributed by atoms with Crippen LogP contribution in [0, 0.1) is 0 Å². The minimum Gasteiger partial charge on any atom is -0.0683 e. The Hall–Kier alpha value is -3.98. The molecule has 0 saturated heterocycles. The number of rotatable bonds is 6. The summed E-state index contributed by atoms with van der Waals surface area (Å²) in [4.78, 5) is 8.25. The van der Waals surface area contributed by atoms with E-state index >= 15 is 0 Å². The van der Waals surface area contributed by atoms with Crippen LogP contribution >= 0.6 is 0 Å². The molecule has 342 valence electrons. The maximum Gasteiger partial charge on any atom is 0.166 e. The first-order valence-corrected chi connectivity index (χ1v) is 26.1. The summed E-state index contributed by atoms with van der Waals surface area (Å²) in [6, 6.07) is 55.7. The first-order chi connectivity index (χ1) is 29.5. The van der Waals surface area contributed by atoms with Crippen LogP contribution in [-0.2, 0) is 54.3 Å². The molecular formula is C62H84S2+2. The first kappa shape index (κ1) is 52.6. The van der Waals surface area contributed by atoms with Gasteiger partial charge in [-0.25, -0.2) is 0 Å². The van der Waals surface area contributed by atoms with Gasteiger partial charge in [-0.15, -0.1) is 0 Å². The van der Waals surface area contributed by atoms with Crippen molar-refractivity contribution in [2.45, 2.75) is 200 Å². The summed E-state index contributed by atoms with van der Waals surface area (Å²) in [6.07, 6.45) is 0. The molecule has 0 aliphatic rings. The second kappa shape index (κ2) is 20.7. The number of benzene rings is 6. The van der Waals surface area contributed by atoms with E-state index in [4.69, 9.17) is 0 Å². The minimum absolute atomic E-state index is 0.120. The summed E-state index contributed by atoms with van der Waals surface area (Å²) in [5, 5.41) is 0. The molecule has 0 fully saturated rings. The van der Waals surface area contributed by atoms with Gasteiger partial charge in [0, 0.05) is 0 Å². The van der Waals surface area contributed by atoms with E-state index in [0.29, 0.717) is 0 Å². The Morgan fingerprint density at radius 3 is 0.359 bits per heavy atom. The van der Waals surface area contributed by atoms with Gasteiger partial charge < -0.3 is 0 Å². The molecule has 0 amide bonds. The van der Waals surface area contributed by atoms with Crippen molar-refractivity contribution >= 4 is 21.8 Å². The normalized spacial score (nSPS) is 12.7. The maximum absolute atomic E-state index is 2.33. The van der Waals surface area contributed by atoms with Gasteiger partial charge in [-0.3, -0.25) is 0 Å². The van der Waals surface area contributed by atoms with E-state index in [2.05, 4.69) is 270 Å². The minimum atomic E-state index is -0.120. The second-order valence-electron chi connectivity index (χ2n) is 23.3. The first-order valence-electron chi connectivity index (χ1n) is 23.7. The third-order valence-corrected chi connectivity index (χ3v) is 16.2. The molecule has 0 bridgehead atoms. The lowest BCUT2D eigenvalue weighted by molar-refractivity contribution is 0.589. The summed E-state index contributed by atoms with van der Waals surface area (Å²) in [6.45, 7) is 45.0. The molecule has 6 rings (SSSR count). The highest BCUT2D eigenvalue weighted by molar-refractivity contribution is 7.97. The summed E-state index contributed by atoms with van der Waals surface area (Å²) >= 11 is 0. The van der Waals surface area contributed by atoms with E-state index in [-0.39, 0.29) is 54.3 Å². The highest BCUT2D eigenvalue weighted by Gasteiger charge is 2.32. The number of hydrogen-bond donors (Lipinski definition) is 0. The van der Waals surface area contributed by atoms with Crippen LogP contribution in [0.25, 0.3) is 0 Å². The van der Waals surface area contributed by atoms with Crippen molar-refractivity contribution in [2.75, 3.05) is 0 Å². The second-order valence-corrected chi connectivity index (χ2v) is 27.3. The molecule has 64 heavy (non-hydrogen) atoms. The fourth-order valence-electron chi connectivity index (χ4n) is 7.36. The Labute approximate surface area is 398 Å². The van der Waals surface area contributed by atoms with Crippen LogP contribution in [0.2, 0.25) is 0 Å². The molecule has 0 aliphatic carbocycles. The summed E-state index contributed by atoms with van der Waals surface area (Å²) in [5.74, 6) is 0. The molecule has 0 nitrogen and oxygen atoms in total. The average Bonchev–Trinajstić information content (AvgIpc) is 3.21. The fourth-order valence-corrected chi connectivity index (χ4v) is 11.4. The molecule has 0 aliphatic heterocycles. The van der Waals surface area contributed by atoms with Crippen LogP contribution in [-0.4, -0.2) is 0 Å². The van der Waals surface area contributed by atoms with Gasteiger partial charge in [-0.1, -0.05) is 211 Å². The van der Waals surface area contributed by atoms with Crippen LogP contribution in [0.3, 0.4) is 0 Å². The van der Waals surface area contributed by atoms with Gasteiger partial charge >= 0.3 is 0 Å². The molecule has 2 heteroatoms. The lowest BCUT2D eigenvalue weighted by atomic mass is 9.87. The van der Waals surface area contributed by atoms with Crippen molar-refractivity contribution in [2.24, 2.45) is 0 Å². The van der Waals surface area contributed by atoms with Crippen molar-refractivity contribution in [3.8, 4) is 0 Å². The van der Waals surface area contributed by atoms with Crippen LogP contribution in [0.4, 0.5) is 0 Å². The topological polar surface area (TPSA) is 0 Å². The van der Waals surface area contributed by atoms with Gasteiger partial charge in [0.2, 0.25) is 0 Å². The molecule has 0 saturated carbocycles. The predicted octanol–water partition coefficient (Wildman–Crippen LogP) is 18.4. The van der Waals surface area contributed by atoms with Crippen molar-refractivity contribution in [3.05, 3.63) is 179 Å². The zero-order valence-corrected chi connectivity index (χ0v) is 45.3. The molecule has 0 radical (unpaired) electrons. The van der Waals surface area contributed by atoms with Crippen LogP contribution in [0.1, 0.15) is 172 Å². The summed E-state index contributed by atoms with van der Waals surface area (Å²) < 4.78 is 0. The summed E-state index contributed by atoms with van der Waals surface area (Å²) in [5.41, 5.74) is 9.28. The average molecular weight is 893 g/mol. The lowest BCUT2D eigenvalue weighted by Gasteiger charge is -2.21. The van der Waals surface area contributed by atoms with Crippen molar-refractivity contribution in [3.63, 3.8) is 0 Å². The van der Waals surface area contributed by atoms with Gasteiger partial charge in [-0.2, -0.15) is 0 Å². The van der Waals surface area contributed by atoms with Gasteiger partial charge in [0.05, 0.1) is 21.8 Å². The van der Waals surface area contributed by atoms with E-state index in [0.717, 1.165) is 0 Å². The Balaban J connectivity index is 0.000000270. The quantitative estimate of drug-likeness (QED) is 0.146. The van der Waals surface area contributed by atoms with Crippen molar-refractivity contribution < 1.29 is 0 Å². The Bertz CT molecular complexity index is 1870. The Kier molecular flexibility index (Phi) is 17.0. The molecule has 6 aromatic rings.